The van der Waals surface area contributed by atoms with Gasteiger partial charge in [-0.25, -0.2) is 0 Å². The van der Waals surface area contributed by atoms with E-state index >= 15 is 0 Å². The Hall–Kier alpha value is 1.42. The normalized spacial score (nSPS) is 2.62. The van der Waals surface area contributed by atoms with E-state index in [2.05, 4.69) is 0 Å². The standard InChI is InChI=1S/2CH4.3Fe.2H2O2.HOP.2H2O/c;;;;;3*1-2;;/h2*1H4;;;;2*1-2H;2H;2*1H2/q;;+2;2*+3;;;;;/i;;;;;;;2D;;. The molecule has 11 heteroatoms. The van der Waals surface area contributed by atoms with Crippen molar-refractivity contribution in [2.24, 2.45) is 0 Å². The van der Waals surface area contributed by atoms with Gasteiger partial charge in [-0.2, -0.15) is 0 Å². The first-order valence-electron chi connectivity index (χ1n) is 1.03. The van der Waals surface area contributed by atoms with Crippen LogP contribution < -0.4 is 0 Å². The Labute approximate surface area is 113 Å². The van der Waals surface area contributed by atoms with Gasteiger partial charge in [0.2, 0.25) is 0 Å². The summed E-state index contributed by atoms with van der Waals surface area (Å²) in [4.78, 5) is 0. The predicted molar refractivity (Wildman–Crippen MR) is 40.2 cm³/mol. The molecule has 2 radical (unpaired) electrons. The van der Waals surface area contributed by atoms with E-state index in [1.54, 1.807) is 0 Å². The maximum atomic E-state index is 8.57. The van der Waals surface area contributed by atoms with Crippen molar-refractivity contribution < 1.29 is 87.8 Å². The number of rotatable bonds is 0. The second-order valence-electron chi connectivity index (χ2n) is 0. The molecule has 0 bridgehead atoms. The van der Waals surface area contributed by atoms with Crippen LogP contribution >= 0.6 is 9.06 Å². The molecule has 0 fully saturated rings. The first-order valence-corrected chi connectivity index (χ1v) is 0.948. The quantitative estimate of drug-likeness (QED) is 0.210. The minimum atomic E-state index is -0.583. The fourth-order valence-corrected chi connectivity index (χ4v) is 0. The van der Waals surface area contributed by atoms with Gasteiger partial charge in [-0.05, 0) is 0 Å². The molecule has 0 saturated heterocycles. The molecule has 0 aromatic carbocycles. The van der Waals surface area contributed by atoms with Crippen LogP contribution in [0.1, 0.15) is 14.9 Å². The van der Waals surface area contributed by atoms with Crippen molar-refractivity contribution >= 4 is 9.06 Å². The maximum Gasteiger partial charge on any atom is 3.00 e. The van der Waals surface area contributed by atoms with Crippen molar-refractivity contribution in [1.29, 1.82) is 1.28 Å². The van der Waals surface area contributed by atoms with Crippen LogP contribution in [-0.2, 0) is 55.8 Å². The molecule has 8 N–H and O–H groups in total. The van der Waals surface area contributed by atoms with Crippen LogP contribution in [0.5, 0.6) is 0 Å². The zero-order chi connectivity index (χ0) is 6.71. The Bertz CT molecular complexity index is 34.4. The SMILES string of the molecule is C.C.O.O.OO.OO.[2H]P=O.[Fe+2].[Fe+3].[Fe+3]. The van der Waals surface area contributed by atoms with Crippen molar-refractivity contribution in [3.8, 4) is 0 Å². The summed E-state index contributed by atoms with van der Waals surface area (Å²) in [5.41, 5.74) is 0. The molecule has 0 atom stereocenters. The second kappa shape index (κ2) is 1030. The predicted octanol–water partition coefficient (Wildman–Crippen LogP) is 0.125. The summed E-state index contributed by atoms with van der Waals surface area (Å²) in [6.45, 7) is 0. The monoisotopic (exact) mass is 353 g/mol. The van der Waals surface area contributed by atoms with Gasteiger partial charge in [0.15, 0.2) is 0 Å². The third-order valence-electron chi connectivity index (χ3n) is 0. The molecule has 0 unspecified atom stereocenters. The molecule has 0 spiro atoms. The van der Waals surface area contributed by atoms with E-state index in [1.807, 2.05) is 0 Å². The fraction of sp³-hybridized carbons (Fsp3) is 1.00. The molecule has 0 saturated carbocycles. The molecule has 0 aliphatic heterocycles. The smallest absolute Gasteiger partial charge is 0.412 e. The Balaban J connectivity index is -0.00000000174. The van der Waals surface area contributed by atoms with E-state index in [0.29, 0.717) is 0 Å². The fourth-order valence-electron chi connectivity index (χ4n) is 0. The van der Waals surface area contributed by atoms with Crippen LogP contribution in [-0.4, -0.2) is 33.3 Å². The van der Waals surface area contributed by atoms with Gasteiger partial charge in [-0.3, -0.25) is 25.6 Å². The van der Waals surface area contributed by atoms with E-state index in [1.165, 1.54) is 0 Å². The van der Waals surface area contributed by atoms with Crippen molar-refractivity contribution in [3.63, 3.8) is 0 Å². The van der Waals surface area contributed by atoms with E-state index in [4.69, 9.17) is 26.9 Å². The van der Waals surface area contributed by atoms with Gasteiger partial charge >= 0.3 is 51.2 Å². The molecule has 0 amide bonds. The van der Waals surface area contributed by atoms with Crippen molar-refractivity contribution in [2.75, 3.05) is 0 Å². The minimum Gasteiger partial charge on any atom is -0.412 e. The average Bonchev–Trinajstić information content (AvgIpc) is 1.78. The van der Waals surface area contributed by atoms with Crippen LogP contribution in [0.3, 0.4) is 0 Å². The summed E-state index contributed by atoms with van der Waals surface area (Å²) in [7, 11) is -0.583. The van der Waals surface area contributed by atoms with Gasteiger partial charge in [0.05, 0.1) is 0 Å². The molecule has 0 rings (SSSR count). The van der Waals surface area contributed by atoms with Crippen LogP contribution in [0.4, 0.5) is 0 Å². The molecule has 0 aliphatic carbocycles. The average molecular weight is 353 g/mol. The van der Waals surface area contributed by atoms with E-state index < -0.39 is 9.06 Å². The summed E-state index contributed by atoms with van der Waals surface area (Å²) in [6, 6.07) is 0. The van der Waals surface area contributed by atoms with Gasteiger partial charge in [-0.1, -0.05) is 14.9 Å². The Morgan fingerprint density at radius 2 is 0.923 bits per heavy atom. The summed E-state index contributed by atoms with van der Waals surface area (Å²) < 4.78 is 14.2. The third-order valence-corrected chi connectivity index (χ3v) is 0. The molecule has 13 heavy (non-hydrogen) atoms. The number of hydrogen-bond acceptors (Lipinski definition) is 5. The van der Waals surface area contributed by atoms with Crippen LogP contribution in [0.2, 0.25) is 0 Å². The Morgan fingerprint density at radius 1 is 0.923 bits per heavy atom. The summed E-state index contributed by atoms with van der Waals surface area (Å²) in [5, 5.41) is 24.0. The maximum absolute atomic E-state index is 8.57. The van der Waals surface area contributed by atoms with Gasteiger partial charge in [0.1, 0.15) is 10.3 Å². The molecule has 0 heterocycles. The van der Waals surface area contributed by atoms with Gasteiger partial charge in [-0.15, -0.1) is 0 Å². The largest absolute Gasteiger partial charge is 3.00 e. The molecule has 0 aliphatic rings. The molecular formula is C2H17Fe3O7P+8. The summed E-state index contributed by atoms with van der Waals surface area (Å²) in [5.74, 6) is 0. The van der Waals surface area contributed by atoms with Gasteiger partial charge < -0.3 is 11.0 Å². The summed E-state index contributed by atoms with van der Waals surface area (Å²) in [6.07, 6.45) is 0. The van der Waals surface area contributed by atoms with Crippen LogP contribution in [0.15, 0.2) is 0 Å². The first kappa shape index (κ1) is 88.4. The van der Waals surface area contributed by atoms with E-state index in [0.717, 1.165) is 0 Å². The molecule has 0 aromatic heterocycles. The van der Waals surface area contributed by atoms with Crippen molar-refractivity contribution in [3.05, 3.63) is 0 Å². The zero-order valence-electron chi connectivity index (χ0n) is 5.70. The second-order valence-corrected chi connectivity index (χ2v) is 0. The van der Waals surface area contributed by atoms with Gasteiger partial charge in [0.25, 0.3) is 0 Å². The van der Waals surface area contributed by atoms with E-state index in [9.17, 15) is 0 Å². The third kappa shape index (κ3) is 870. The molecular weight excluding hydrogens is 335 g/mol. The van der Waals surface area contributed by atoms with Crippen molar-refractivity contribution in [1.82, 2.24) is 0 Å². The van der Waals surface area contributed by atoms with Gasteiger partial charge in [0, 0.05) is 0 Å². The molecule has 0 aromatic rings. The Kier molecular flexibility index (Phi) is 7000. The van der Waals surface area contributed by atoms with Crippen LogP contribution in [0, 0.1) is 0 Å². The number of hydrogen-bond donors (Lipinski definition) is 4. The van der Waals surface area contributed by atoms with Crippen LogP contribution in [0.25, 0.3) is 0 Å². The van der Waals surface area contributed by atoms with Crippen molar-refractivity contribution in [2.45, 2.75) is 14.9 Å². The first-order chi connectivity index (χ1) is 3.41. The van der Waals surface area contributed by atoms with E-state index in [-0.39, 0.29) is 77.0 Å². The molecule has 7 nitrogen and oxygen atoms in total. The topological polar surface area (TPSA) is 161 Å². The zero-order valence-corrected chi connectivity index (χ0v) is 8.91. The Morgan fingerprint density at radius 3 is 0.923 bits per heavy atom. The molecule has 88 valence electrons. The minimum absolute atomic E-state index is 0. The summed E-state index contributed by atoms with van der Waals surface area (Å²) >= 11 is 0.